The van der Waals surface area contributed by atoms with Gasteiger partial charge in [0.25, 0.3) is 9.05 Å². The Morgan fingerprint density at radius 2 is 2.13 bits per heavy atom. The molecule has 2 N–H and O–H groups in total. The predicted molar refractivity (Wildman–Crippen MR) is 52.0 cm³/mol. The fraction of sp³-hybridized carbons (Fsp3) is 0.125. The standard InChI is InChI=1S/C8H6ClFN2O2S/c9-15(13,14)7-2-1-5(3-11)6(4-12)8(7)10/h1-2H,4,12H2. The molecule has 0 unspecified atom stereocenters. The van der Waals surface area contributed by atoms with Crippen molar-refractivity contribution in [2.75, 3.05) is 0 Å². The maximum absolute atomic E-state index is 13.5. The molecule has 0 amide bonds. The second-order valence-corrected chi connectivity index (χ2v) is 5.19. The fourth-order valence-electron chi connectivity index (χ4n) is 1.09. The zero-order valence-corrected chi connectivity index (χ0v) is 8.94. The molecule has 0 saturated carbocycles. The summed E-state index contributed by atoms with van der Waals surface area (Å²) in [6, 6.07) is 3.82. The molecule has 0 radical (unpaired) electrons. The van der Waals surface area contributed by atoms with Crippen molar-refractivity contribution >= 4 is 19.7 Å². The maximum Gasteiger partial charge on any atom is 0.264 e. The van der Waals surface area contributed by atoms with Crippen molar-refractivity contribution in [3.63, 3.8) is 0 Å². The van der Waals surface area contributed by atoms with Crippen molar-refractivity contribution in [1.82, 2.24) is 0 Å². The summed E-state index contributed by atoms with van der Waals surface area (Å²) < 4.78 is 35.4. The van der Waals surface area contributed by atoms with Crippen LogP contribution in [0.4, 0.5) is 4.39 Å². The molecule has 0 aromatic heterocycles. The van der Waals surface area contributed by atoms with Crippen LogP contribution >= 0.6 is 10.7 Å². The van der Waals surface area contributed by atoms with Gasteiger partial charge in [0.2, 0.25) is 0 Å². The molecule has 4 nitrogen and oxygen atoms in total. The Labute approximate surface area is 90.5 Å². The van der Waals surface area contributed by atoms with Gasteiger partial charge in [-0.15, -0.1) is 0 Å². The van der Waals surface area contributed by atoms with Crippen molar-refractivity contribution in [3.05, 3.63) is 29.1 Å². The predicted octanol–water partition coefficient (Wildman–Crippen LogP) is 1.08. The van der Waals surface area contributed by atoms with E-state index in [9.17, 15) is 12.8 Å². The van der Waals surface area contributed by atoms with Crippen molar-refractivity contribution in [1.29, 1.82) is 5.26 Å². The Morgan fingerprint density at radius 3 is 2.53 bits per heavy atom. The first-order valence-corrected chi connectivity index (χ1v) is 6.09. The monoisotopic (exact) mass is 248 g/mol. The molecular formula is C8H6ClFN2O2S. The van der Waals surface area contributed by atoms with Gasteiger partial charge >= 0.3 is 0 Å². The summed E-state index contributed by atoms with van der Waals surface area (Å²) in [5, 5.41) is 8.61. The number of hydrogen-bond acceptors (Lipinski definition) is 4. The van der Waals surface area contributed by atoms with E-state index in [1.54, 1.807) is 6.07 Å². The molecule has 7 heteroatoms. The van der Waals surface area contributed by atoms with E-state index in [2.05, 4.69) is 0 Å². The average molecular weight is 249 g/mol. The lowest BCUT2D eigenvalue weighted by atomic mass is 10.1. The first-order chi connectivity index (χ1) is 6.91. The van der Waals surface area contributed by atoms with Crippen LogP contribution in [0.2, 0.25) is 0 Å². The van der Waals surface area contributed by atoms with Crippen molar-refractivity contribution in [3.8, 4) is 6.07 Å². The molecule has 80 valence electrons. The highest BCUT2D eigenvalue weighted by atomic mass is 35.7. The fourth-order valence-corrected chi connectivity index (χ4v) is 2.02. The molecule has 0 fully saturated rings. The Bertz CT molecular complexity index is 536. The van der Waals surface area contributed by atoms with E-state index in [-0.39, 0.29) is 17.7 Å². The van der Waals surface area contributed by atoms with Crippen LogP contribution in [0, 0.1) is 17.1 Å². The zero-order chi connectivity index (χ0) is 11.6. The third-order valence-corrected chi connectivity index (χ3v) is 3.13. The smallest absolute Gasteiger partial charge is 0.264 e. The van der Waals surface area contributed by atoms with Gasteiger partial charge < -0.3 is 5.73 Å². The van der Waals surface area contributed by atoms with Crippen LogP contribution < -0.4 is 5.73 Å². The lowest BCUT2D eigenvalue weighted by Gasteiger charge is -2.05. The zero-order valence-electron chi connectivity index (χ0n) is 7.37. The third-order valence-electron chi connectivity index (χ3n) is 1.80. The second kappa shape index (κ2) is 4.14. The van der Waals surface area contributed by atoms with Crippen LogP contribution in [0.1, 0.15) is 11.1 Å². The highest BCUT2D eigenvalue weighted by Gasteiger charge is 2.20. The van der Waals surface area contributed by atoms with Gasteiger partial charge in [-0.25, -0.2) is 12.8 Å². The second-order valence-electron chi connectivity index (χ2n) is 2.66. The van der Waals surface area contributed by atoms with E-state index in [1.807, 2.05) is 0 Å². The van der Waals surface area contributed by atoms with Crippen LogP contribution in [0.5, 0.6) is 0 Å². The lowest BCUT2D eigenvalue weighted by Crippen LogP contribution is -2.07. The van der Waals surface area contributed by atoms with E-state index in [0.29, 0.717) is 0 Å². The van der Waals surface area contributed by atoms with Gasteiger partial charge in [0.05, 0.1) is 11.6 Å². The number of halogens is 2. The summed E-state index contributed by atoms with van der Waals surface area (Å²) in [6.45, 7) is -0.269. The molecule has 0 spiro atoms. The molecule has 0 aliphatic rings. The summed E-state index contributed by atoms with van der Waals surface area (Å²) >= 11 is 0. The van der Waals surface area contributed by atoms with E-state index in [0.717, 1.165) is 6.07 Å². The van der Waals surface area contributed by atoms with Gasteiger partial charge in [-0.1, -0.05) is 0 Å². The molecule has 1 aromatic carbocycles. The molecule has 0 heterocycles. The molecule has 0 aliphatic carbocycles. The Morgan fingerprint density at radius 1 is 1.53 bits per heavy atom. The van der Waals surface area contributed by atoms with Crippen molar-refractivity contribution in [2.24, 2.45) is 5.73 Å². The molecule has 0 atom stereocenters. The Balaban J connectivity index is 3.59. The summed E-state index contributed by atoms with van der Waals surface area (Å²) in [4.78, 5) is -0.663. The molecule has 15 heavy (non-hydrogen) atoms. The SMILES string of the molecule is N#Cc1ccc(S(=O)(=O)Cl)c(F)c1CN. The number of benzene rings is 1. The van der Waals surface area contributed by atoms with E-state index < -0.39 is 19.8 Å². The van der Waals surface area contributed by atoms with Gasteiger partial charge in [-0.3, -0.25) is 0 Å². The summed E-state index contributed by atoms with van der Waals surface area (Å²) in [7, 11) is 0.838. The molecule has 0 bridgehead atoms. The Kier molecular flexibility index (Phi) is 3.29. The number of nitrogens with two attached hydrogens (primary N) is 1. The van der Waals surface area contributed by atoms with Crippen LogP contribution in [-0.2, 0) is 15.6 Å². The minimum absolute atomic E-state index is 0.000864. The number of nitriles is 1. The first kappa shape index (κ1) is 11.9. The molecule has 1 rings (SSSR count). The largest absolute Gasteiger partial charge is 0.326 e. The summed E-state index contributed by atoms with van der Waals surface area (Å²) in [5.41, 5.74) is 5.06. The highest BCUT2D eigenvalue weighted by Crippen LogP contribution is 2.23. The number of hydrogen-bond donors (Lipinski definition) is 1. The van der Waals surface area contributed by atoms with E-state index >= 15 is 0 Å². The van der Waals surface area contributed by atoms with Crippen LogP contribution in [0.25, 0.3) is 0 Å². The third kappa shape index (κ3) is 2.26. The van der Waals surface area contributed by atoms with Crippen molar-refractivity contribution < 1.29 is 12.8 Å². The normalized spacial score (nSPS) is 11.1. The number of rotatable bonds is 2. The van der Waals surface area contributed by atoms with Gasteiger partial charge in [0, 0.05) is 22.8 Å². The van der Waals surface area contributed by atoms with Crippen LogP contribution in [-0.4, -0.2) is 8.42 Å². The first-order valence-electron chi connectivity index (χ1n) is 3.78. The molecule has 0 aliphatic heterocycles. The topological polar surface area (TPSA) is 84.0 Å². The van der Waals surface area contributed by atoms with Gasteiger partial charge in [-0.05, 0) is 12.1 Å². The van der Waals surface area contributed by atoms with Gasteiger partial charge in [0.15, 0.2) is 0 Å². The van der Waals surface area contributed by atoms with Gasteiger partial charge in [-0.2, -0.15) is 5.26 Å². The molecule has 1 aromatic rings. The van der Waals surface area contributed by atoms with Crippen LogP contribution in [0.15, 0.2) is 17.0 Å². The van der Waals surface area contributed by atoms with Gasteiger partial charge in [0.1, 0.15) is 10.7 Å². The lowest BCUT2D eigenvalue weighted by molar-refractivity contribution is 0.564. The summed E-state index contributed by atoms with van der Waals surface area (Å²) in [6.07, 6.45) is 0. The van der Waals surface area contributed by atoms with E-state index in [4.69, 9.17) is 21.7 Å². The average Bonchev–Trinajstić information content (AvgIpc) is 2.15. The minimum atomic E-state index is -4.16. The molecule has 0 saturated heterocycles. The minimum Gasteiger partial charge on any atom is -0.326 e. The number of nitrogens with zero attached hydrogens (tertiary/aromatic N) is 1. The van der Waals surface area contributed by atoms with Crippen molar-refractivity contribution in [2.45, 2.75) is 11.4 Å². The maximum atomic E-state index is 13.5. The van der Waals surface area contributed by atoms with E-state index in [1.165, 1.54) is 6.07 Å². The summed E-state index contributed by atoms with van der Waals surface area (Å²) in [5.74, 6) is -1.06. The Hall–Kier alpha value is -1.16. The quantitative estimate of drug-likeness (QED) is 0.794. The molecular weight excluding hydrogens is 243 g/mol. The highest BCUT2D eigenvalue weighted by molar-refractivity contribution is 8.13. The van der Waals surface area contributed by atoms with Crippen LogP contribution in [0.3, 0.4) is 0 Å².